The third-order valence-corrected chi connectivity index (χ3v) is 7.88. The summed E-state index contributed by atoms with van der Waals surface area (Å²) in [6.07, 6.45) is 1.27. The van der Waals surface area contributed by atoms with Gasteiger partial charge in [-0.05, 0) is 61.1 Å². The number of nitrogens with zero attached hydrogens (tertiary/aromatic N) is 3. The number of hydrogen-bond acceptors (Lipinski definition) is 5. The van der Waals surface area contributed by atoms with Gasteiger partial charge in [-0.25, -0.2) is 9.67 Å². The summed E-state index contributed by atoms with van der Waals surface area (Å²) < 4.78 is 45.7. The number of nitrogens with one attached hydrogen (secondary N) is 1. The van der Waals surface area contributed by atoms with Crippen molar-refractivity contribution in [3.8, 4) is 11.4 Å². The zero-order chi connectivity index (χ0) is 25.2. The fraction of sp³-hybridized carbons (Fsp3) is 0.400. The summed E-state index contributed by atoms with van der Waals surface area (Å²) in [6, 6.07) is 7.21. The molecule has 3 aliphatic carbocycles. The molecule has 0 spiro atoms. The molecule has 1 aliphatic heterocycles. The molecule has 2 N–H and O–H groups in total. The number of carbonyl (C=O) groups excluding carboxylic acids is 1. The molecule has 1 unspecified atom stereocenters. The number of rotatable bonds is 4. The summed E-state index contributed by atoms with van der Waals surface area (Å²) in [5.74, 6) is 0.522. The molecule has 3 aromatic rings. The summed E-state index contributed by atoms with van der Waals surface area (Å²) in [6.45, 7) is 0. The highest BCUT2D eigenvalue weighted by atomic mass is 35.5. The highest BCUT2D eigenvalue weighted by molar-refractivity contribution is 6.30. The van der Waals surface area contributed by atoms with Gasteiger partial charge in [0.1, 0.15) is 11.4 Å². The molecule has 7 nitrogen and oxygen atoms in total. The molecule has 3 saturated carbocycles. The number of pyridine rings is 1. The van der Waals surface area contributed by atoms with Crippen LogP contribution in [0.3, 0.4) is 0 Å². The number of halogens is 4. The molecule has 188 valence electrons. The number of ether oxygens (including phenoxy) is 1. The van der Waals surface area contributed by atoms with E-state index in [1.807, 2.05) is 6.20 Å². The van der Waals surface area contributed by atoms with E-state index in [1.165, 1.54) is 10.7 Å². The summed E-state index contributed by atoms with van der Waals surface area (Å²) in [4.78, 5) is 16.5. The zero-order valence-electron chi connectivity index (χ0n) is 18.9. The van der Waals surface area contributed by atoms with Crippen LogP contribution >= 0.6 is 11.6 Å². The van der Waals surface area contributed by atoms with Gasteiger partial charge in [0.2, 0.25) is 0 Å². The predicted octanol–water partition coefficient (Wildman–Crippen LogP) is 4.36. The van der Waals surface area contributed by atoms with E-state index in [0.29, 0.717) is 27.9 Å². The monoisotopic (exact) mass is 518 g/mol. The SMILES string of the molecule is O=C(NC1CC2(c3cnn(-c4ccc(C(F)(F)F)nc4)c3)CC1C2)[C@@H]1C[C@@H](O)c2cc(Cl)ccc2O1. The number of alkyl halides is 3. The van der Waals surface area contributed by atoms with Crippen molar-refractivity contribution >= 4 is 17.5 Å². The minimum absolute atomic E-state index is 0.0269. The molecule has 11 heteroatoms. The first kappa shape index (κ1) is 23.3. The Morgan fingerprint density at radius 3 is 2.72 bits per heavy atom. The smallest absolute Gasteiger partial charge is 0.433 e. The van der Waals surface area contributed by atoms with E-state index in [1.54, 1.807) is 24.4 Å². The number of aliphatic hydroxyl groups is 1. The normalized spacial score (nSPS) is 28.7. The van der Waals surface area contributed by atoms with Crippen LogP contribution in [0.15, 0.2) is 48.9 Å². The first-order chi connectivity index (χ1) is 17.1. The largest absolute Gasteiger partial charge is 0.480 e. The molecule has 3 atom stereocenters. The third kappa shape index (κ3) is 3.92. The molecule has 1 aromatic carbocycles. The number of fused-ring (bicyclic) bond motifs is 2. The fourth-order valence-corrected chi connectivity index (χ4v) is 5.97. The third-order valence-electron chi connectivity index (χ3n) is 7.64. The van der Waals surface area contributed by atoms with Crippen molar-refractivity contribution in [3.05, 3.63) is 70.8 Å². The van der Waals surface area contributed by atoms with Crippen LogP contribution in [-0.2, 0) is 16.4 Å². The standard InChI is InChI=1S/C25H22ClF3N4O3/c26-15-1-3-20-17(5-15)19(34)6-21(36-20)23(35)32-18-9-24(7-13(18)8-24)14-10-31-33(12-14)16-2-4-22(30-11-16)25(27,28)29/h1-5,10-13,18-19,21,34H,6-9H2,(H,32,35)/t13?,18?,19-,21+,24?/m1/s1. The minimum atomic E-state index is -4.49. The number of hydrogen-bond donors (Lipinski definition) is 2. The van der Waals surface area contributed by atoms with Gasteiger partial charge in [0, 0.05) is 34.7 Å². The molecule has 1 amide bonds. The fourth-order valence-electron chi connectivity index (χ4n) is 5.79. The lowest BCUT2D eigenvalue weighted by Gasteiger charge is -2.37. The molecule has 4 aliphatic rings. The first-order valence-corrected chi connectivity index (χ1v) is 12.0. The second-order valence-corrected chi connectivity index (χ2v) is 10.3. The van der Waals surface area contributed by atoms with Crippen LogP contribution in [-0.4, -0.2) is 37.9 Å². The Morgan fingerprint density at radius 2 is 2.00 bits per heavy atom. The average Bonchev–Trinajstić information content (AvgIpc) is 3.52. The summed E-state index contributed by atoms with van der Waals surface area (Å²) >= 11 is 6.00. The predicted molar refractivity (Wildman–Crippen MR) is 123 cm³/mol. The molecule has 3 heterocycles. The number of aliphatic hydroxyl groups excluding tert-OH is 1. The lowest BCUT2D eigenvalue weighted by atomic mass is 9.66. The lowest BCUT2D eigenvalue weighted by Crippen LogP contribution is -2.46. The van der Waals surface area contributed by atoms with Crippen molar-refractivity contribution in [1.29, 1.82) is 0 Å². The second-order valence-electron chi connectivity index (χ2n) is 9.88. The molecule has 3 fully saturated rings. The molecule has 36 heavy (non-hydrogen) atoms. The first-order valence-electron chi connectivity index (χ1n) is 11.6. The van der Waals surface area contributed by atoms with Gasteiger partial charge in [-0.3, -0.25) is 4.79 Å². The average molecular weight is 519 g/mol. The molecule has 7 rings (SSSR count). The van der Waals surface area contributed by atoms with Crippen LogP contribution in [0.1, 0.15) is 48.6 Å². The van der Waals surface area contributed by atoms with Crippen LogP contribution in [0.25, 0.3) is 5.69 Å². The van der Waals surface area contributed by atoms with E-state index in [-0.39, 0.29) is 23.8 Å². The Morgan fingerprint density at radius 1 is 1.19 bits per heavy atom. The number of aromatic nitrogens is 3. The minimum Gasteiger partial charge on any atom is -0.480 e. The maximum atomic E-state index is 13.0. The van der Waals surface area contributed by atoms with E-state index in [2.05, 4.69) is 15.4 Å². The maximum absolute atomic E-state index is 13.0. The number of carbonyl (C=O) groups is 1. The van der Waals surface area contributed by atoms with Gasteiger partial charge in [-0.2, -0.15) is 18.3 Å². The van der Waals surface area contributed by atoms with Gasteiger partial charge in [0.15, 0.2) is 6.10 Å². The molecule has 2 aromatic heterocycles. The molecule has 0 saturated heterocycles. The maximum Gasteiger partial charge on any atom is 0.433 e. The van der Waals surface area contributed by atoms with E-state index in [4.69, 9.17) is 16.3 Å². The number of benzene rings is 1. The van der Waals surface area contributed by atoms with Crippen LogP contribution in [0.5, 0.6) is 5.75 Å². The van der Waals surface area contributed by atoms with Gasteiger partial charge in [0.05, 0.1) is 24.2 Å². The van der Waals surface area contributed by atoms with E-state index >= 15 is 0 Å². The highest BCUT2D eigenvalue weighted by Crippen LogP contribution is 2.59. The van der Waals surface area contributed by atoms with Crippen LogP contribution in [0, 0.1) is 5.92 Å². The van der Waals surface area contributed by atoms with E-state index in [9.17, 15) is 23.1 Å². The summed E-state index contributed by atoms with van der Waals surface area (Å²) in [7, 11) is 0. The van der Waals surface area contributed by atoms with Gasteiger partial charge < -0.3 is 15.2 Å². The molecule has 0 radical (unpaired) electrons. The Labute approximate surface area is 209 Å². The van der Waals surface area contributed by atoms with Gasteiger partial charge in [-0.1, -0.05) is 11.6 Å². The molecular formula is C25H22ClF3N4O3. The lowest BCUT2D eigenvalue weighted by molar-refractivity contribution is -0.141. The van der Waals surface area contributed by atoms with Crippen molar-refractivity contribution in [2.24, 2.45) is 5.92 Å². The summed E-state index contributed by atoms with van der Waals surface area (Å²) in [5, 5.41) is 18.4. The van der Waals surface area contributed by atoms with E-state index in [0.717, 1.165) is 37.1 Å². The van der Waals surface area contributed by atoms with Crippen molar-refractivity contribution in [1.82, 2.24) is 20.1 Å². The van der Waals surface area contributed by atoms with Crippen LogP contribution in [0.4, 0.5) is 13.2 Å². The van der Waals surface area contributed by atoms with Crippen LogP contribution in [0.2, 0.25) is 5.02 Å². The van der Waals surface area contributed by atoms with Gasteiger partial charge >= 0.3 is 6.18 Å². The molecule has 2 bridgehead atoms. The van der Waals surface area contributed by atoms with Crippen molar-refractivity contribution in [2.45, 2.75) is 55.5 Å². The van der Waals surface area contributed by atoms with Gasteiger partial charge in [-0.15, -0.1) is 0 Å². The molecular weight excluding hydrogens is 497 g/mol. The highest BCUT2D eigenvalue weighted by Gasteiger charge is 2.58. The Balaban J connectivity index is 1.11. The Bertz CT molecular complexity index is 1320. The van der Waals surface area contributed by atoms with Crippen molar-refractivity contribution in [3.63, 3.8) is 0 Å². The van der Waals surface area contributed by atoms with Crippen LogP contribution < -0.4 is 10.1 Å². The number of amides is 1. The van der Waals surface area contributed by atoms with Crippen molar-refractivity contribution < 1.29 is 27.8 Å². The van der Waals surface area contributed by atoms with Crippen molar-refractivity contribution in [2.75, 3.05) is 0 Å². The zero-order valence-corrected chi connectivity index (χ0v) is 19.6. The second kappa shape index (κ2) is 8.21. The summed E-state index contributed by atoms with van der Waals surface area (Å²) in [5.41, 5.74) is 0.935. The Kier molecular flexibility index (Phi) is 5.31. The van der Waals surface area contributed by atoms with E-state index < -0.39 is 24.1 Å². The van der Waals surface area contributed by atoms with Gasteiger partial charge in [0.25, 0.3) is 5.91 Å². The quantitative estimate of drug-likeness (QED) is 0.536. The topological polar surface area (TPSA) is 89.3 Å². The Hall–Kier alpha value is -3.11.